The first kappa shape index (κ1) is 14.4. The minimum atomic E-state index is -0.345. The maximum Gasteiger partial charge on any atom is 0.280 e. The van der Waals surface area contributed by atoms with Gasteiger partial charge in [0.15, 0.2) is 12.0 Å². The van der Waals surface area contributed by atoms with Gasteiger partial charge in [0.1, 0.15) is 0 Å². The third-order valence-corrected chi connectivity index (χ3v) is 3.28. The van der Waals surface area contributed by atoms with E-state index in [9.17, 15) is 9.59 Å². The minimum Gasteiger partial charge on any atom is -0.396 e. The van der Waals surface area contributed by atoms with E-state index < -0.39 is 0 Å². The lowest BCUT2D eigenvalue weighted by Gasteiger charge is -2.11. The smallest absolute Gasteiger partial charge is 0.280 e. The molecule has 5 nitrogen and oxygen atoms in total. The number of aryl methyl sites for hydroxylation is 2. The van der Waals surface area contributed by atoms with Gasteiger partial charge in [-0.25, -0.2) is 4.98 Å². The predicted octanol–water partition coefficient (Wildman–Crippen LogP) is 1.68. The number of hydrogen-bond acceptors (Lipinski definition) is 4. The van der Waals surface area contributed by atoms with Gasteiger partial charge < -0.3 is 9.67 Å². The lowest BCUT2D eigenvalue weighted by Crippen LogP contribution is -2.25. The van der Waals surface area contributed by atoms with E-state index in [-0.39, 0.29) is 17.9 Å². The van der Waals surface area contributed by atoms with Crippen molar-refractivity contribution in [2.45, 2.75) is 32.7 Å². The summed E-state index contributed by atoms with van der Waals surface area (Å²) in [6.45, 7) is 2.64. The van der Waals surface area contributed by atoms with Crippen LogP contribution in [0.3, 0.4) is 0 Å². The van der Waals surface area contributed by atoms with Gasteiger partial charge in [-0.15, -0.1) is 0 Å². The molecule has 0 saturated carbocycles. The van der Waals surface area contributed by atoms with Crippen molar-refractivity contribution < 1.29 is 9.90 Å². The largest absolute Gasteiger partial charge is 0.396 e. The molecule has 1 heterocycles. The lowest BCUT2D eigenvalue weighted by molar-refractivity contribution is 0.111. The van der Waals surface area contributed by atoms with Gasteiger partial charge in [0.25, 0.3) is 5.56 Å². The molecule has 5 heteroatoms. The van der Waals surface area contributed by atoms with Crippen LogP contribution in [0.25, 0.3) is 11.0 Å². The molecule has 2 rings (SSSR count). The molecule has 2 aromatic rings. The van der Waals surface area contributed by atoms with Crippen LogP contribution in [-0.4, -0.2) is 27.6 Å². The molecule has 0 saturated heterocycles. The summed E-state index contributed by atoms with van der Waals surface area (Å²) in [6, 6.07) is 5.64. The summed E-state index contributed by atoms with van der Waals surface area (Å²) in [5.74, 6) is 0. The maximum atomic E-state index is 12.2. The molecular weight excluding hydrogens is 256 g/mol. The fraction of sp³-hybridized carbons (Fsp3) is 0.400. The summed E-state index contributed by atoms with van der Waals surface area (Å²) in [7, 11) is 0. The Morgan fingerprint density at radius 1 is 1.30 bits per heavy atom. The molecule has 1 aromatic heterocycles. The van der Waals surface area contributed by atoms with Gasteiger partial charge >= 0.3 is 0 Å². The van der Waals surface area contributed by atoms with Crippen LogP contribution < -0.4 is 5.56 Å². The molecule has 1 N–H and O–H groups in total. The van der Waals surface area contributed by atoms with Gasteiger partial charge in [0, 0.05) is 13.2 Å². The number of aliphatic hydroxyl groups is 1. The second-order valence-electron chi connectivity index (χ2n) is 4.85. The standard InChI is InChI=1S/C15H18N2O3/c1-11-5-6-12-14(9-11)17(7-3-2-4-8-18)15(20)13(10-19)16-12/h5-6,9-10,18H,2-4,7-8H2,1H3. The number of aliphatic hydroxyl groups excluding tert-OH is 1. The van der Waals surface area contributed by atoms with Crippen LogP contribution in [0.1, 0.15) is 35.3 Å². The number of aldehydes is 1. The second-order valence-corrected chi connectivity index (χ2v) is 4.85. The Morgan fingerprint density at radius 2 is 2.10 bits per heavy atom. The highest BCUT2D eigenvalue weighted by atomic mass is 16.2. The Balaban J connectivity index is 2.47. The van der Waals surface area contributed by atoms with Crippen LogP contribution in [-0.2, 0) is 6.54 Å². The average Bonchev–Trinajstić information content (AvgIpc) is 2.45. The Hall–Kier alpha value is -2.01. The molecule has 0 spiro atoms. The van der Waals surface area contributed by atoms with Gasteiger partial charge in [0.2, 0.25) is 0 Å². The van der Waals surface area contributed by atoms with Crippen LogP contribution in [0.15, 0.2) is 23.0 Å². The van der Waals surface area contributed by atoms with Crippen molar-refractivity contribution in [3.8, 4) is 0 Å². The molecule has 0 aliphatic rings. The topological polar surface area (TPSA) is 72.2 Å². The molecule has 0 bridgehead atoms. The van der Waals surface area contributed by atoms with E-state index in [1.54, 1.807) is 4.57 Å². The number of carbonyl (C=O) groups excluding carboxylic acids is 1. The summed E-state index contributed by atoms with van der Waals surface area (Å²) in [5.41, 5.74) is 2.05. The number of aromatic nitrogens is 2. The molecule has 0 amide bonds. The van der Waals surface area contributed by atoms with Crippen molar-refractivity contribution >= 4 is 17.3 Å². The van der Waals surface area contributed by atoms with Crippen LogP contribution in [0.5, 0.6) is 0 Å². The SMILES string of the molecule is Cc1ccc2nc(C=O)c(=O)n(CCCCCO)c2c1. The monoisotopic (exact) mass is 274 g/mol. The first-order valence-electron chi connectivity index (χ1n) is 6.74. The lowest BCUT2D eigenvalue weighted by atomic mass is 10.2. The fourth-order valence-corrected chi connectivity index (χ4v) is 2.23. The third kappa shape index (κ3) is 2.93. The summed E-state index contributed by atoms with van der Waals surface area (Å²) < 4.78 is 1.61. The Labute approximate surface area is 116 Å². The first-order valence-corrected chi connectivity index (χ1v) is 6.74. The van der Waals surface area contributed by atoms with E-state index in [2.05, 4.69) is 4.98 Å². The number of nitrogens with zero attached hydrogens (tertiary/aromatic N) is 2. The van der Waals surface area contributed by atoms with Gasteiger partial charge in [0.05, 0.1) is 11.0 Å². The maximum absolute atomic E-state index is 12.2. The number of carbonyl (C=O) groups is 1. The zero-order valence-corrected chi connectivity index (χ0v) is 11.5. The highest BCUT2D eigenvalue weighted by Gasteiger charge is 2.10. The third-order valence-electron chi connectivity index (χ3n) is 3.28. The van der Waals surface area contributed by atoms with Crippen molar-refractivity contribution in [1.29, 1.82) is 0 Å². The van der Waals surface area contributed by atoms with Crippen LogP contribution >= 0.6 is 0 Å². The van der Waals surface area contributed by atoms with Crippen molar-refractivity contribution in [2.24, 2.45) is 0 Å². The summed E-state index contributed by atoms with van der Waals surface area (Å²) in [5, 5.41) is 8.78. The molecule has 0 atom stereocenters. The molecule has 0 fully saturated rings. The predicted molar refractivity (Wildman–Crippen MR) is 77.1 cm³/mol. The van der Waals surface area contributed by atoms with Gasteiger partial charge in [-0.2, -0.15) is 0 Å². The second kappa shape index (κ2) is 6.43. The van der Waals surface area contributed by atoms with Gasteiger partial charge in [-0.3, -0.25) is 9.59 Å². The molecule has 0 radical (unpaired) electrons. The minimum absolute atomic E-state index is 0.0523. The molecule has 106 valence electrons. The van der Waals surface area contributed by atoms with Crippen molar-refractivity contribution in [3.05, 3.63) is 39.8 Å². The van der Waals surface area contributed by atoms with Gasteiger partial charge in [-0.05, 0) is 43.9 Å². The first-order chi connectivity index (χ1) is 9.67. The normalized spacial score (nSPS) is 10.9. The fourth-order valence-electron chi connectivity index (χ4n) is 2.23. The van der Waals surface area contributed by atoms with E-state index in [0.717, 1.165) is 30.3 Å². The van der Waals surface area contributed by atoms with Crippen molar-refractivity contribution in [1.82, 2.24) is 9.55 Å². The zero-order chi connectivity index (χ0) is 14.5. The molecule has 0 aliphatic heterocycles. The highest BCUT2D eigenvalue weighted by Crippen LogP contribution is 2.13. The van der Waals surface area contributed by atoms with Crippen LogP contribution in [0.2, 0.25) is 0 Å². The van der Waals surface area contributed by atoms with E-state index in [4.69, 9.17) is 5.11 Å². The number of benzene rings is 1. The van der Waals surface area contributed by atoms with Gasteiger partial charge in [-0.1, -0.05) is 6.07 Å². The number of fused-ring (bicyclic) bond motifs is 1. The number of unbranched alkanes of at least 4 members (excludes halogenated alkanes) is 2. The van der Waals surface area contributed by atoms with Crippen LogP contribution in [0.4, 0.5) is 0 Å². The highest BCUT2D eigenvalue weighted by molar-refractivity contribution is 5.80. The number of hydrogen-bond donors (Lipinski definition) is 1. The Kier molecular flexibility index (Phi) is 4.63. The summed E-state index contributed by atoms with van der Waals surface area (Å²) >= 11 is 0. The van der Waals surface area contributed by atoms with E-state index in [0.29, 0.717) is 18.3 Å². The van der Waals surface area contributed by atoms with E-state index in [1.165, 1.54) is 0 Å². The Bertz CT molecular complexity index is 677. The molecule has 20 heavy (non-hydrogen) atoms. The average molecular weight is 274 g/mol. The molecule has 1 aromatic carbocycles. The van der Waals surface area contributed by atoms with E-state index in [1.807, 2.05) is 25.1 Å². The quantitative estimate of drug-likeness (QED) is 0.642. The van der Waals surface area contributed by atoms with Crippen molar-refractivity contribution in [2.75, 3.05) is 6.61 Å². The van der Waals surface area contributed by atoms with Crippen molar-refractivity contribution in [3.63, 3.8) is 0 Å². The van der Waals surface area contributed by atoms with Crippen LogP contribution in [0, 0.1) is 6.92 Å². The summed E-state index contributed by atoms with van der Waals surface area (Å²) in [4.78, 5) is 27.3. The van der Waals surface area contributed by atoms with E-state index >= 15 is 0 Å². The molecule has 0 aliphatic carbocycles. The summed E-state index contributed by atoms with van der Waals surface area (Å²) in [6.07, 6.45) is 2.85. The zero-order valence-electron chi connectivity index (χ0n) is 11.5. The number of rotatable bonds is 6. The Morgan fingerprint density at radius 3 is 2.80 bits per heavy atom. The molecule has 0 unspecified atom stereocenters. The molecular formula is C15H18N2O3.